The molecule has 2 fully saturated rings. The van der Waals surface area contributed by atoms with E-state index in [-0.39, 0.29) is 29.5 Å². The maximum atomic E-state index is 11.1. The number of esters is 1. The zero-order valence-corrected chi connectivity index (χ0v) is 10.9. The molecule has 2 saturated carbocycles. The van der Waals surface area contributed by atoms with E-state index in [1.165, 1.54) is 6.92 Å². The normalized spacial score (nSPS) is 43.5. The van der Waals surface area contributed by atoms with Crippen LogP contribution < -0.4 is 0 Å². The van der Waals surface area contributed by atoms with Crippen LogP contribution in [0.3, 0.4) is 0 Å². The van der Waals surface area contributed by atoms with E-state index in [9.17, 15) is 9.90 Å². The van der Waals surface area contributed by atoms with Crippen LogP contribution in [0.4, 0.5) is 0 Å². The van der Waals surface area contributed by atoms with Crippen molar-refractivity contribution in [1.29, 1.82) is 0 Å². The SMILES string of the molecule is C/C=C1/[C@H](O)C[C@H]2[C@@H](OC(C)=O)CCC[C@@]12C. The number of ether oxygens (including phenoxy) is 1. The second-order valence-electron chi connectivity index (χ2n) is 5.56. The number of aliphatic hydroxyl groups excluding tert-OH is 1. The van der Waals surface area contributed by atoms with Gasteiger partial charge in [-0.2, -0.15) is 0 Å². The van der Waals surface area contributed by atoms with Crippen LogP contribution in [0.25, 0.3) is 0 Å². The Bertz CT molecular complexity index is 347. The van der Waals surface area contributed by atoms with Gasteiger partial charge < -0.3 is 9.84 Å². The van der Waals surface area contributed by atoms with Gasteiger partial charge in [0.1, 0.15) is 6.10 Å². The second-order valence-corrected chi connectivity index (χ2v) is 5.56. The summed E-state index contributed by atoms with van der Waals surface area (Å²) in [7, 11) is 0. The Hall–Kier alpha value is -0.830. The second kappa shape index (κ2) is 4.45. The average Bonchev–Trinajstić information content (AvgIpc) is 2.49. The Morgan fingerprint density at radius 1 is 1.59 bits per heavy atom. The van der Waals surface area contributed by atoms with Gasteiger partial charge in [0.05, 0.1) is 6.10 Å². The van der Waals surface area contributed by atoms with Crippen LogP contribution in [-0.2, 0) is 9.53 Å². The maximum absolute atomic E-state index is 11.1. The largest absolute Gasteiger partial charge is 0.462 e. The van der Waals surface area contributed by atoms with Crippen molar-refractivity contribution in [1.82, 2.24) is 0 Å². The molecule has 17 heavy (non-hydrogen) atoms. The minimum absolute atomic E-state index is 0.0154. The summed E-state index contributed by atoms with van der Waals surface area (Å²) < 4.78 is 5.43. The number of aliphatic hydroxyl groups is 1. The van der Waals surface area contributed by atoms with Gasteiger partial charge in [0.15, 0.2) is 0 Å². The molecule has 2 aliphatic rings. The Kier molecular flexibility index (Phi) is 3.30. The monoisotopic (exact) mass is 238 g/mol. The molecule has 2 aliphatic carbocycles. The van der Waals surface area contributed by atoms with Crippen molar-refractivity contribution in [2.45, 2.75) is 58.7 Å². The minimum Gasteiger partial charge on any atom is -0.462 e. The number of carbonyl (C=O) groups is 1. The molecule has 2 rings (SSSR count). The van der Waals surface area contributed by atoms with Crippen LogP contribution in [-0.4, -0.2) is 23.3 Å². The molecule has 0 unspecified atom stereocenters. The molecule has 0 aromatic carbocycles. The van der Waals surface area contributed by atoms with Gasteiger partial charge in [-0.3, -0.25) is 4.79 Å². The summed E-state index contributed by atoms with van der Waals surface area (Å²) in [6.45, 7) is 5.66. The molecular formula is C14H22O3. The molecule has 0 radical (unpaired) electrons. The molecule has 0 aromatic rings. The molecule has 0 aromatic heterocycles. The molecule has 0 aliphatic heterocycles. The molecule has 4 atom stereocenters. The van der Waals surface area contributed by atoms with Crippen LogP contribution >= 0.6 is 0 Å². The lowest BCUT2D eigenvalue weighted by Gasteiger charge is -2.41. The van der Waals surface area contributed by atoms with Gasteiger partial charge in [0.2, 0.25) is 0 Å². The third kappa shape index (κ3) is 2.01. The first kappa shape index (κ1) is 12.6. The molecule has 3 nitrogen and oxygen atoms in total. The van der Waals surface area contributed by atoms with E-state index in [1.54, 1.807) is 0 Å². The van der Waals surface area contributed by atoms with Gasteiger partial charge in [-0.05, 0) is 43.6 Å². The number of hydrogen-bond donors (Lipinski definition) is 1. The number of allylic oxidation sites excluding steroid dienone is 1. The van der Waals surface area contributed by atoms with E-state index in [0.717, 1.165) is 31.3 Å². The van der Waals surface area contributed by atoms with Gasteiger partial charge in [-0.25, -0.2) is 0 Å². The highest BCUT2D eigenvalue weighted by molar-refractivity contribution is 5.66. The predicted molar refractivity (Wildman–Crippen MR) is 65.4 cm³/mol. The Balaban J connectivity index is 2.26. The molecule has 0 spiro atoms. The van der Waals surface area contributed by atoms with E-state index in [0.29, 0.717) is 0 Å². The van der Waals surface area contributed by atoms with Gasteiger partial charge >= 0.3 is 5.97 Å². The first-order valence-corrected chi connectivity index (χ1v) is 6.51. The number of fused-ring (bicyclic) bond motifs is 1. The Labute approximate surface area is 103 Å². The van der Waals surface area contributed by atoms with Crippen LogP contribution in [0.5, 0.6) is 0 Å². The van der Waals surface area contributed by atoms with Gasteiger partial charge in [0, 0.05) is 12.8 Å². The van der Waals surface area contributed by atoms with E-state index in [1.807, 2.05) is 13.0 Å². The summed E-state index contributed by atoms with van der Waals surface area (Å²) in [6, 6.07) is 0. The smallest absolute Gasteiger partial charge is 0.302 e. The van der Waals surface area contributed by atoms with Crippen molar-refractivity contribution in [3.8, 4) is 0 Å². The standard InChI is InChI=1S/C14H22O3/c1-4-10-12(16)8-11-13(17-9(2)15)6-5-7-14(10,11)3/h4,11-13,16H,5-8H2,1-3H3/b10-4-/t11-,12+,13-,14-/m0/s1. The quantitative estimate of drug-likeness (QED) is 0.564. The molecule has 0 heterocycles. The summed E-state index contributed by atoms with van der Waals surface area (Å²) in [5.74, 6) is 0.0732. The number of rotatable bonds is 1. The molecule has 0 amide bonds. The van der Waals surface area contributed by atoms with E-state index >= 15 is 0 Å². The first-order chi connectivity index (χ1) is 7.99. The van der Waals surface area contributed by atoms with E-state index in [4.69, 9.17) is 4.74 Å². The fourth-order valence-corrected chi connectivity index (χ4v) is 3.86. The lowest BCUT2D eigenvalue weighted by molar-refractivity contribution is -0.153. The van der Waals surface area contributed by atoms with Crippen LogP contribution in [0, 0.1) is 11.3 Å². The average molecular weight is 238 g/mol. The zero-order chi connectivity index (χ0) is 12.6. The van der Waals surface area contributed by atoms with Crippen molar-refractivity contribution >= 4 is 5.97 Å². The molecular weight excluding hydrogens is 216 g/mol. The molecule has 3 heteroatoms. The molecule has 0 saturated heterocycles. The third-order valence-electron chi connectivity index (χ3n) is 4.58. The predicted octanol–water partition coefficient (Wildman–Crippen LogP) is 2.44. The Morgan fingerprint density at radius 2 is 2.29 bits per heavy atom. The highest BCUT2D eigenvalue weighted by atomic mass is 16.5. The van der Waals surface area contributed by atoms with Crippen LogP contribution in [0.1, 0.15) is 46.5 Å². The number of carbonyl (C=O) groups excluding carboxylic acids is 1. The van der Waals surface area contributed by atoms with Gasteiger partial charge in [-0.1, -0.05) is 13.0 Å². The molecule has 96 valence electrons. The highest BCUT2D eigenvalue weighted by Gasteiger charge is 2.52. The van der Waals surface area contributed by atoms with Crippen LogP contribution in [0.15, 0.2) is 11.6 Å². The lowest BCUT2D eigenvalue weighted by Crippen LogP contribution is -2.39. The van der Waals surface area contributed by atoms with Gasteiger partial charge in [0.25, 0.3) is 0 Å². The van der Waals surface area contributed by atoms with E-state index < -0.39 is 0 Å². The zero-order valence-electron chi connectivity index (χ0n) is 10.9. The van der Waals surface area contributed by atoms with Crippen molar-refractivity contribution in [2.75, 3.05) is 0 Å². The summed E-state index contributed by atoms with van der Waals surface area (Å²) in [4.78, 5) is 11.1. The summed E-state index contributed by atoms with van der Waals surface area (Å²) in [6.07, 6.45) is 5.49. The summed E-state index contributed by atoms with van der Waals surface area (Å²) in [5.41, 5.74) is 1.16. The number of hydrogen-bond acceptors (Lipinski definition) is 3. The van der Waals surface area contributed by atoms with Crippen molar-refractivity contribution in [3.63, 3.8) is 0 Å². The molecule has 0 bridgehead atoms. The van der Waals surface area contributed by atoms with Crippen LogP contribution in [0.2, 0.25) is 0 Å². The minimum atomic E-state index is -0.355. The third-order valence-corrected chi connectivity index (χ3v) is 4.58. The Morgan fingerprint density at radius 3 is 2.88 bits per heavy atom. The van der Waals surface area contributed by atoms with Crippen molar-refractivity contribution < 1.29 is 14.6 Å². The fraction of sp³-hybridized carbons (Fsp3) is 0.786. The summed E-state index contributed by atoms with van der Waals surface area (Å²) in [5, 5.41) is 10.1. The topological polar surface area (TPSA) is 46.5 Å². The maximum Gasteiger partial charge on any atom is 0.302 e. The van der Waals surface area contributed by atoms with Crippen molar-refractivity contribution in [2.24, 2.45) is 11.3 Å². The fourth-order valence-electron chi connectivity index (χ4n) is 3.86. The molecule has 1 N–H and O–H groups in total. The lowest BCUT2D eigenvalue weighted by atomic mass is 9.66. The van der Waals surface area contributed by atoms with Gasteiger partial charge in [-0.15, -0.1) is 0 Å². The first-order valence-electron chi connectivity index (χ1n) is 6.51. The highest BCUT2D eigenvalue weighted by Crippen LogP contribution is 2.55. The van der Waals surface area contributed by atoms with Crippen molar-refractivity contribution in [3.05, 3.63) is 11.6 Å². The summed E-state index contributed by atoms with van der Waals surface area (Å²) >= 11 is 0. The van der Waals surface area contributed by atoms with E-state index in [2.05, 4.69) is 6.92 Å².